The lowest BCUT2D eigenvalue weighted by atomic mass is 10.0. The van der Waals surface area contributed by atoms with Crippen molar-refractivity contribution < 1.29 is 4.74 Å². The van der Waals surface area contributed by atoms with E-state index >= 15 is 0 Å². The van der Waals surface area contributed by atoms with Crippen molar-refractivity contribution in [3.8, 4) is 16.9 Å². The number of aromatic amines is 1. The van der Waals surface area contributed by atoms with Gasteiger partial charge in [0.1, 0.15) is 5.82 Å². The van der Waals surface area contributed by atoms with Crippen LogP contribution in [0, 0.1) is 0 Å². The zero-order valence-corrected chi connectivity index (χ0v) is 15.4. The van der Waals surface area contributed by atoms with E-state index in [4.69, 9.17) is 15.5 Å². The Hall–Kier alpha value is -3.46. The van der Waals surface area contributed by atoms with Gasteiger partial charge in [0, 0.05) is 36.1 Å². The number of nitrogens with two attached hydrogens (primary N) is 1. The number of nitrogen functional groups attached to an aromatic ring is 1. The highest BCUT2D eigenvalue weighted by atomic mass is 16.5. The molecule has 1 unspecified atom stereocenters. The molecular weight excluding hydrogens is 356 g/mol. The van der Waals surface area contributed by atoms with Crippen LogP contribution in [0.1, 0.15) is 6.92 Å². The number of rotatable bonds is 3. The van der Waals surface area contributed by atoms with E-state index in [1.54, 1.807) is 17.1 Å². The fraction of sp³-hybridized carbons (Fsp3) is 0.263. The summed E-state index contributed by atoms with van der Waals surface area (Å²) in [5, 5.41) is 12.3. The van der Waals surface area contributed by atoms with Crippen LogP contribution in [-0.4, -0.2) is 55.7 Å². The zero-order valence-electron chi connectivity index (χ0n) is 15.4. The molecule has 0 aliphatic carbocycles. The fourth-order valence-corrected chi connectivity index (χ4v) is 3.63. The number of H-pyrrole nitrogens is 1. The summed E-state index contributed by atoms with van der Waals surface area (Å²) >= 11 is 0. The SMILES string of the molecule is CC1COCCN1c1cc(-c2cccnc2)c2c(N)nn(-c3ccn[nH]3)c2n1. The Morgan fingerprint density at radius 1 is 1.29 bits per heavy atom. The Bertz CT molecular complexity index is 1110. The second-order valence-corrected chi connectivity index (χ2v) is 6.82. The Balaban J connectivity index is 1.79. The second-order valence-electron chi connectivity index (χ2n) is 6.82. The van der Waals surface area contributed by atoms with Crippen molar-refractivity contribution in [3.63, 3.8) is 0 Å². The van der Waals surface area contributed by atoms with Crippen LogP contribution in [0.2, 0.25) is 0 Å². The molecule has 9 nitrogen and oxygen atoms in total. The van der Waals surface area contributed by atoms with Crippen LogP contribution in [0.4, 0.5) is 11.6 Å². The lowest BCUT2D eigenvalue weighted by Crippen LogP contribution is -2.44. The molecule has 0 radical (unpaired) electrons. The molecule has 0 spiro atoms. The highest BCUT2D eigenvalue weighted by molar-refractivity contribution is 6.01. The average molecular weight is 376 g/mol. The number of nitrogens with one attached hydrogen (secondary N) is 1. The number of fused-ring (bicyclic) bond motifs is 1. The molecule has 9 heteroatoms. The van der Waals surface area contributed by atoms with E-state index in [0.717, 1.165) is 28.9 Å². The Morgan fingerprint density at radius 2 is 2.21 bits per heavy atom. The number of ether oxygens (including phenoxy) is 1. The smallest absolute Gasteiger partial charge is 0.169 e. The van der Waals surface area contributed by atoms with Gasteiger partial charge in [0.15, 0.2) is 17.3 Å². The van der Waals surface area contributed by atoms with E-state index in [0.29, 0.717) is 30.5 Å². The Kier molecular flexibility index (Phi) is 3.94. The van der Waals surface area contributed by atoms with Crippen molar-refractivity contribution in [3.05, 3.63) is 42.9 Å². The third-order valence-corrected chi connectivity index (χ3v) is 5.00. The van der Waals surface area contributed by atoms with Crippen LogP contribution in [-0.2, 0) is 4.74 Å². The molecule has 0 bridgehead atoms. The standard InChI is InChI=1S/C19H20N8O/c1-12-11-28-8-7-26(12)16-9-14(13-3-2-5-21-10-13)17-18(20)25-27(19(17)23-16)15-4-6-22-24-15/h2-6,9-10,12H,7-8,11H2,1H3,(H2,20,25)(H,22,24). The molecule has 28 heavy (non-hydrogen) atoms. The van der Waals surface area contributed by atoms with Gasteiger partial charge in [-0.15, -0.1) is 5.10 Å². The van der Waals surface area contributed by atoms with Crippen LogP contribution in [0.3, 0.4) is 0 Å². The van der Waals surface area contributed by atoms with Gasteiger partial charge in [0.2, 0.25) is 0 Å². The van der Waals surface area contributed by atoms with Crippen LogP contribution >= 0.6 is 0 Å². The molecule has 1 atom stereocenters. The molecule has 3 N–H and O–H groups in total. The summed E-state index contributed by atoms with van der Waals surface area (Å²) in [6.45, 7) is 4.26. The molecule has 5 rings (SSSR count). The number of morpholine rings is 1. The van der Waals surface area contributed by atoms with Crippen molar-refractivity contribution in [1.82, 2.24) is 29.9 Å². The molecule has 0 aromatic carbocycles. The minimum Gasteiger partial charge on any atom is -0.382 e. The number of hydrogen-bond acceptors (Lipinski definition) is 7. The molecule has 1 fully saturated rings. The van der Waals surface area contributed by atoms with Gasteiger partial charge in [0.05, 0.1) is 30.8 Å². The normalized spacial score (nSPS) is 17.3. The Labute approximate surface area is 161 Å². The van der Waals surface area contributed by atoms with Gasteiger partial charge in [-0.2, -0.15) is 9.78 Å². The van der Waals surface area contributed by atoms with Crippen LogP contribution in [0.15, 0.2) is 42.9 Å². The summed E-state index contributed by atoms with van der Waals surface area (Å²) < 4.78 is 7.29. The first kappa shape index (κ1) is 16.7. The van der Waals surface area contributed by atoms with Gasteiger partial charge in [-0.1, -0.05) is 6.07 Å². The third kappa shape index (κ3) is 2.67. The largest absolute Gasteiger partial charge is 0.382 e. The summed E-state index contributed by atoms with van der Waals surface area (Å²) in [5.74, 6) is 1.99. The summed E-state index contributed by atoms with van der Waals surface area (Å²) in [5.41, 5.74) is 8.91. The summed E-state index contributed by atoms with van der Waals surface area (Å²) in [6.07, 6.45) is 5.26. The molecule has 5 heterocycles. The van der Waals surface area contributed by atoms with Crippen molar-refractivity contribution in [2.45, 2.75) is 13.0 Å². The Morgan fingerprint density at radius 3 is 2.96 bits per heavy atom. The van der Waals surface area contributed by atoms with Gasteiger partial charge in [-0.25, -0.2) is 4.98 Å². The van der Waals surface area contributed by atoms with E-state index < -0.39 is 0 Å². The second kappa shape index (κ2) is 6.61. The van der Waals surface area contributed by atoms with Crippen LogP contribution in [0.5, 0.6) is 0 Å². The summed E-state index contributed by atoms with van der Waals surface area (Å²) in [7, 11) is 0. The lowest BCUT2D eigenvalue weighted by molar-refractivity contribution is 0.0986. The molecule has 1 saturated heterocycles. The first-order chi connectivity index (χ1) is 13.7. The van der Waals surface area contributed by atoms with E-state index in [1.807, 2.05) is 24.4 Å². The zero-order chi connectivity index (χ0) is 19.1. The third-order valence-electron chi connectivity index (χ3n) is 5.00. The predicted octanol–water partition coefficient (Wildman–Crippen LogP) is 2.01. The van der Waals surface area contributed by atoms with Crippen LogP contribution in [0.25, 0.3) is 28.0 Å². The van der Waals surface area contributed by atoms with Gasteiger partial charge in [-0.3, -0.25) is 10.1 Å². The van der Waals surface area contributed by atoms with Crippen molar-refractivity contribution in [2.75, 3.05) is 30.4 Å². The highest BCUT2D eigenvalue weighted by Gasteiger charge is 2.24. The van der Waals surface area contributed by atoms with Gasteiger partial charge < -0.3 is 15.4 Å². The number of pyridine rings is 2. The first-order valence-corrected chi connectivity index (χ1v) is 9.16. The van der Waals surface area contributed by atoms with E-state index in [-0.39, 0.29) is 6.04 Å². The minimum atomic E-state index is 0.223. The number of nitrogens with zero attached hydrogens (tertiary/aromatic N) is 6. The number of aromatic nitrogens is 6. The molecule has 1 aliphatic rings. The molecular formula is C19H20N8O. The molecule has 0 amide bonds. The average Bonchev–Trinajstić information content (AvgIpc) is 3.37. The highest BCUT2D eigenvalue weighted by Crippen LogP contribution is 2.35. The first-order valence-electron chi connectivity index (χ1n) is 9.16. The van der Waals surface area contributed by atoms with Gasteiger partial charge in [-0.05, 0) is 19.1 Å². The van der Waals surface area contributed by atoms with E-state index in [1.165, 1.54) is 0 Å². The van der Waals surface area contributed by atoms with Crippen molar-refractivity contribution in [1.29, 1.82) is 0 Å². The van der Waals surface area contributed by atoms with E-state index in [9.17, 15) is 0 Å². The van der Waals surface area contributed by atoms with Crippen LogP contribution < -0.4 is 10.6 Å². The molecule has 0 saturated carbocycles. The molecule has 4 aromatic heterocycles. The molecule has 4 aromatic rings. The summed E-state index contributed by atoms with van der Waals surface area (Å²) in [6, 6.07) is 8.05. The number of hydrogen-bond donors (Lipinski definition) is 2. The monoisotopic (exact) mass is 376 g/mol. The van der Waals surface area contributed by atoms with Gasteiger partial charge >= 0.3 is 0 Å². The lowest BCUT2D eigenvalue weighted by Gasteiger charge is -2.34. The minimum absolute atomic E-state index is 0.223. The maximum atomic E-state index is 6.32. The number of anilines is 2. The van der Waals surface area contributed by atoms with E-state index in [2.05, 4.69) is 38.2 Å². The van der Waals surface area contributed by atoms with Crippen molar-refractivity contribution in [2.24, 2.45) is 0 Å². The predicted molar refractivity (Wildman–Crippen MR) is 106 cm³/mol. The maximum absolute atomic E-state index is 6.32. The molecule has 142 valence electrons. The molecule has 1 aliphatic heterocycles. The van der Waals surface area contributed by atoms with Gasteiger partial charge in [0.25, 0.3) is 0 Å². The quantitative estimate of drug-likeness (QED) is 0.563. The fourth-order valence-electron chi connectivity index (χ4n) is 3.63. The van der Waals surface area contributed by atoms with Crippen molar-refractivity contribution >= 4 is 22.7 Å². The summed E-state index contributed by atoms with van der Waals surface area (Å²) in [4.78, 5) is 11.5. The topological polar surface area (TPSA) is 111 Å². The maximum Gasteiger partial charge on any atom is 0.169 e.